The molecular weight excluding hydrogens is 322 g/mol. The lowest BCUT2D eigenvalue weighted by Gasteiger charge is -2.45. The van der Waals surface area contributed by atoms with Gasteiger partial charge >= 0.3 is 0 Å². The quantitative estimate of drug-likeness (QED) is 0.849. The van der Waals surface area contributed by atoms with Gasteiger partial charge < -0.3 is 10.6 Å². The van der Waals surface area contributed by atoms with Crippen molar-refractivity contribution in [2.45, 2.75) is 58.2 Å². The smallest absolute Gasteiger partial charge is 0.226 e. The van der Waals surface area contributed by atoms with Crippen LogP contribution >= 0.6 is 11.6 Å². The van der Waals surface area contributed by atoms with Crippen LogP contribution in [0.25, 0.3) is 0 Å². The molecule has 1 aromatic carbocycles. The van der Waals surface area contributed by atoms with Crippen LogP contribution in [0.2, 0.25) is 5.02 Å². The Morgan fingerprint density at radius 2 is 1.83 bits per heavy atom. The molecule has 2 aliphatic rings. The van der Waals surface area contributed by atoms with Crippen LogP contribution in [-0.4, -0.2) is 40.9 Å². The minimum Gasteiger partial charge on any atom is -0.398 e. The van der Waals surface area contributed by atoms with Crippen molar-refractivity contribution in [2.75, 3.05) is 18.8 Å². The third-order valence-electron chi connectivity index (χ3n) is 5.46. The van der Waals surface area contributed by atoms with E-state index >= 15 is 0 Å². The molecular formula is C19H28ClN3O. The summed E-state index contributed by atoms with van der Waals surface area (Å²) in [5.74, 6) is 0.624. The van der Waals surface area contributed by atoms with Gasteiger partial charge in [-0.2, -0.15) is 0 Å². The summed E-state index contributed by atoms with van der Waals surface area (Å²) in [6.45, 7) is 6.87. The van der Waals surface area contributed by atoms with Crippen molar-refractivity contribution >= 4 is 23.2 Å². The van der Waals surface area contributed by atoms with E-state index < -0.39 is 0 Å². The van der Waals surface area contributed by atoms with E-state index in [0.29, 0.717) is 16.6 Å². The summed E-state index contributed by atoms with van der Waals surface area (Å²) in [7, 11) is 0. The van der Waals surface area contributed by atoms with Crippen molar-refractivity contribution in [3.63, 3.8) is 0 Å². The predicted octanol–water partition coefficient (Wildman–Crippen LogP) is 3.53. The lowest BCUT2D eigenvalue weighted by Crippen LogP contribution is -2.59. The summed E-state index contributed by atoms with van der Waals surface area (Å²) >= 11 is 6.33. The lowest BCUT2D eigenvalue weighted by atomic mass is 10.0. The number of nitrogens with two attached hydrogens (primary N) is 1. The molecule has 1 saturated heterocycles. The van der Waals surface area contributed by atoms with Crippen molar-refractivity contribution < 1.29 is 4.79 Å². The van der Waals surface area contributed by atoms with Gasteiger partial charge in [0.2, 0.25) is 5.91 Å². The molecule has 24 heavy (non-hydrogen) atoms. The highest BCUT2D eigenvalue weighted by atomic mass is 35.5. The summed E-state index contributed by atoms with van der Waals surface area (Å²) in [5.41, 5.74) is 7.60. The number of benzene rings is 1. The molecule has 2 atom stereocenters. The molecule has 1 amide bonds. The summed E-state index contributed by atoms with van der Waals surface area (Å²) in [4.78, 5) is 17.4. The van der Waals surface area contributed by atoms with Crippen LogP contribution in [0.1, 0.15) is 45.1 Å². The van der Waals surface area contributed by atoms with E-state index in [9.17, 15) is 4.79 Å². The summed E-state index contributed by atoms with van der Waals surface area (Å²) in [5, 5.41) is 0.655. The van der Waals surface area contributed by atoms with E-state index in [2.05, 4.69) is 23.6 Å². The van der Waals surface area contributed by atoms with Crippen LogP contribution in [0.4, 0.5) is 5.69 Å². The molecule has 3 rings (SSSR count). The maximum Gasteiger partial charge on any atom is 0.226 e. The van der Waals surface area contributed by atoms with Crippen LogP contribution in [0, 0.1) is 5.92 Å². The second-order valence-electron chi connectivity index (χ2n) is 7.44. The van der Waals surface area contributed by atoms with Gasteiger partial charge in [0.1, 0.15) is 0 Å². The highest BCUT2D eigenvalue weighted by molar-refractivity contribution is 6.33. The van der Waals surface area contributed by atoms with Crippen molar-refractivity contribution in [2.24, 2.45) is 5.92 Å². The maximum atomic E-state index is 12.9. The molecule has 2 N–H and O–H groups in total. The molecule has 4 nitrogen and oxygen atoms in total. The van der Waals surface area contributed by atoms with Crippen LogP contribution in [0.15, 0.2) is 18.2 Å². The van der Waals surface area contributed by atoms with Gasteiger partial charge in [-0.1, -0.05) is 36.6 Å². The number of rotatable bonds is 3. The Hall–Kier alpha value is -1.26. The van der Waals surface area contributed by atoms with Gasteiger partial charge in [-0.25, -0.2) is 0 Å². The lowest BCUT2D eigenvalue weighted by molar-refractivity contribution is -0.143. The van der Waals surface area contributed by atoms with E-state index in [0.717, 1.165) is 38.0 Å². The van der Waals surface area contributed by atoms with Gasteiger partial charge in [-0.3, -0.25) is 9.69 Å². The van der Waals surface area contributed by atoms with Crippen LogP contribution in [-0.2, 0) is 11.3 Å². The number of nitrogens with zero attached hydrogens (tertiary/aromatic N) is 2. The van der Waals surface area contributed by atoms with Crippen molar-refractivity contribution in [1.82, 2.24) is 9.80 Å². The molecule has 1 heterocycles. The molecule has 2 unspecified atom stereocenters. The molecule has 1 saturated carbocycles. The van der Waals surface area contributed by atoms with E-state index in [1.54, 1.807) is 0 Å². The second-order valence-corrected chi connectivity index (χ2v) is 7.82. The monoisotopic (exact) mass is 349 g/mol. The Balaban J connectivity index is 1.66. The Kier molecular flexibility index (Phi) is 5.36. The zero-order valence-electron chi connectivity index (χ0n) is 14.7. The van der Waals surface area contributed by atoms with E-state index in [1.165, 1.54) is 12.8 Å². The molecule has 0 bridgehead atoms. The number of piperazine rings is 1. The number of hydrogen-bond acceptors (Lipinski definition) is 3. The largest absolute Gasteiger partial charge is 0.398 e. The van der Waals surface area contributed by atoms with Crippen LogP contribution in [0.5, 0.6) is 0 Å². The Morgan fingerprint density at radius 1 is 1.21 bits per heavy atom. The fourth-order valence-electron chi connectivity index (χ4n) is 4.34. The molecule has 1 aliphatic carbocycles. The molecule has 0 spiro atoms. The number of halogens is 1. The number of carbonyl (C=O) groups excluding carboxylic acids is 1. The second kappa shape index (κ2) is 7.32. The van der Waals surface area contributed by atoms with E-state index in [4.69, 9.17) is 17.3 Å². The van der Waals surface area contributed by atoms with Crippen molar-refractivity contribution in [3.8, 4) is 0 Å². The number of carbonyl (C=O) groups is 1. The average molecular weight is 350 g/mol. The van der Waals surface area contributed by atoms with Gasteiger partial charge in [0, 0.05) is 37.6 Å². The Morgan fingerprint density at radius 3 is 2.46 bits per heavy atom. The standard InChI is InChI=1S/C19H28ClN3O/c1-13-10-22(12-16-8-5-9-17(21)18(16)20)11-14(2)23(13)19(24)15-6-3-4-7-15/h5,8-9,13-15H,3-4,6-7,10-12,21H2,1-2H3. The highest BCUT2D eigenvalue weighted by Gasteiger charge is 2.36. The van der Waals surface area contributed by atoms with E-state index in [-0.39, 0.29) is 18.0 Å². The van der Waals surface area contributed by atoms with Crippen molar-refractivity contribution in [1.29, 1.82) is 0 Å². The van der Waals surface area contributed by atoms with Gasteiger partial charge in [0.15, 0.2) is 0 Å². The van der Waals surface area contributed by atoms with Crippen molar-refractivity contribution in [3.05, 3.63) is 28.8 Å². The summed E-state index contributed by atoms with van der Waals surface area (Å²) in [6, 6.07) is 6.28. The summed E-state index contributed by atoms with van der Waals surface area (Å²) < 4.78 is 0. The van der Waals surface area contributed by atoms with Gasteiger partial charge in [-0.05, 0) is 38.3 Å². The molecule has 0 radical (unpaired) electrons. The molecule has 2 fully saturated rings. The molecule has 1 aliphatic heterocycles. The average Bonchev–Trinajstić information content (AvgIpc) is 3.05. The van der Waals surface area contributed by atoms with Gasteiger partial charge in [-0.15, -0.1) is 0 Å². The van der Waals surface area contributed by atoms with Gasteiger partial charge in [0.25, 0.3) is 0 Å². The zero-order valence-corrected chi connectivity index (χ0v) is 15.4. The third kappa shape index (κ3) is 3.55. The van der Waals surface area contributed by atoms with Gasteiger partial charge in [0.05, 0.1) is 10.7 Å². The first-order chi connectivity index (χ1) is 11.5. The minimum atomic E-state index is 0.238. The summed E-state index contributed by atoms with van der Waals surface area (Å²) in [6.07, 6.45) is 4.54. The molecule has 0 aromatic heterocycles. The number of nitrogen functional groups attached to an aromatic ring is 1. The predicted molar refractivity (Wildman–Crippen MR) is 98.9 cm³/mol. The first-order valence-corrected chi connectivity index (χ1v) is 9.42. The van der Waals surface area contributed by atoms with Crippen LogP contribution < -0.4 is 5.73 Å². The van der Waals surface area contributed by atoms with E-state index in [1.807, 2.05) is 18.2 Å². The fourth-order valence-corrected chi connectivity index (χ4v) is 4.53. The normalized spacial score (nSPS) is 26.0. The highest BCUT2D eigenvalue weighted by Crippen LogP contribution is 2.30. The number of amides is 1. The maximum absolute atomic E-state index is 12.9. The molecule has 1 aromatic rings. The SMILES string of the molecule is CC1CN(Cc2cccc(N)c2Cl)CC(C)N1C(=O)C1CCCC1. The number of hydrogen-bond donors (Lipinski definition) is 1. The number of anilines is 1. The zero-order chi connectivity index (χ0) is 17.3. The first-order valence-electron chi connectivity index (χ1n) is 9.04. The first kappa shape index (κ1) is 17.6. The Labute approximate surface area is 149 Å². The molecule has 132 valence electrons. The Bertz CT molecular complexity index is 588. The minimum absolute atomic E-state index is 0.238. The molecule has 5 heteroatoms. The topological polar surface area (TPSA) is 49.6 Å². The fraction of sp³-hybridized carbons (Fsp3) is 0.632. The third-order valence-corrected chi connectivity index (χ3v) is 5.92. The van der Waals surface area contributed by atoms with Crippen LogP contribution in [0.3, 0.4) is 0 Å².